The first-order valence-electron chi connectivity index (χ1n) is 10.5. The van der Waals surface area contributed by atoms with E-state index in [0.717, 1.165) is 55.7 Å². The first kappa shape index (κ1) is 26.5. The molecule has 0 unspecified atom stereocenters. The SMILES string of the molecule is CCc1cnc(CNC(=NC)N2CCN(Cc3cc(OC)c(OC)c(OC)c3)CC2)s1.I. The number of ether oxygens (including phenoxy) is 3. The van der Waals surface area contributed by atoms with Crippen molar-refractivity contribution in [3.63, 3.8) is 0 Å². The van der Waals surface area contributed by atoms with Crippen LogP contribution in [-0.4, -0.2) is 75.3 Å². The molecule has 0 atom stereocenters. The van der Waals surface area contributed by atoms with Crippen LogP contribution >= 0.6 is 35.3 Å². The van der Waals surface area contributed by atoms with Crippen LogP contribution in [0.1, 0.15) is 22.4 Å². The lowest BCUT2D eigenvalue weighted by molar-refractivity contribution is 0.172. The van der Waals surface area contributed by atoms with Crippen LogP contribution < -0.4 is 19.5 Å². The van der Waals surface area contributed by atoms with Crippen LogP contribution in [0.4, 0.5) is 0 Å². The zero-order valence-electron chi connectivity index (χ0n) is 19.5. The summed E-state index contributed by atoms with van der Waals surface area (Å²) in [6, 6.07) is 4.04. The van der Waals surface area contributed by atoms with Crippen molar-refractivity contribution in [1.29, 1.82) is 0 Å². The number of nitrogens with zero attached hydrogens (tertiary/aromatic N) is 4. The van der Waals surface area contributed by atoms with Crippen molar-refractivity contribution in [2.75, 3.05) is 54.6 Å². The Labute approximate surface area is 212 Å². The van der Waals surface area contributed by atoms with Gasteiger partial charge in [0.25, 0.3) is 0 Å². The van der Waals surface area contributed by atoms with E-state index in [1.807, 2.05) is 25.4 Å². The molecule has 1 aromatic heterocycles. The molecule has 1 aliphatic heterocycles. The summed E-state index contributed by atoms with van der Waals surface area (Å²) in [5.41, 5.74) is 1.14. The van der Waals surface area contributed by atoms with Crippen LogP contribution in [0.15, 0.2) is 23.3 Å². The van der Waals surface area contributed by atoms with Gasteiger partial charge in [-0.25, -0.2) is 4.98 Å². The summed E-state index contributed by atoms with van der Waals surface area (Å²) in [5, 5.41) is 4.55. The molecule has 32 heavy (non-hydrogen) atoms. The van der Waals surface area contributed by atoms with Gasteiger partial charge >= 0.3 is 0 Å². The highest BCUT2D eigenvalue weighted by molar-refractivity contribution is 14.0. The minimum atomic E-state index is 0. The van der Waals surface area contributed by atoms with Gasteiger partial charge in [0.2, 0.25) is 5.75 Å². The minimum Gasteiger partial charge on any atom is -0.493 e. The molecule has 1 saturated heterocycles. The topological polar surface area (TPSA) is 71.5 Å². The molecule has 1 aliphatic rings. The van der Waals surface area contributed by atoms with Gasteiger partial charge in [0.05, 0.1) is 27.9 Å². The van der Waals surface area contributed by atoms with E-state index >= 15 is 0 Å². The molecular weight excluding hydrogens is 541 g/mol. The molecule has 1 fully saturated rings. The average Bonchev–Trinajstić information content (AvgIpc) is 3.27. The van der Waals surface area contributed by atoms with Gasteiger partial charge in [-0.2, -0.15) is 0 Å². The van der Waals surface area contributed by atoms with Crippen molar-refractivity contribution >= 4 is 41.3 Å². The van der Waals surface area contributed by atoms with E-state index in [1.54, 1.807) is 32.7 Å². The Morgan fingerprint density at radius 3 is 2.25 bits per heavy atom. The Bertz CT molecular complexity index is 859. The highest BCUT2D eigenvalue weighted by Crippen LogP contribution is 2.38. The number of aliphatic imine (C=N–C) groups is 1. The molecule has 10 heteroatoms. The van der Waals surface area contributed by atoms with Gasteiger partial charge in [0.15, 0.2) is 17.5 Å². The summed E-state index contributed by atoms with van der Waals surface area (Å²) < 4.78 is 16.4. The van der Waals surface area contributed by atoms with Crippen molar-refractivity contribution in [1.82, 2.24) is 20.1 Å². The third-order valence-electron chi connectivity index (χ3n) is 5.36. The lowest BCUT2D eigenvalue weighted by Gasteiger charge is -2.36. The van der Waals surface area contributed by atoms with Gasteiger partial charge < -0.3 is 24.4 Å². The van der Waals surface area contributed by atoms with Crippen LogP contribution in [0, 0.1) is 0 Å². The second kappa shape index (κ2) is 13.0. The van der Waals surface area contributed by atoms with E-state index in [-0.39, 0.29) is 24.0 Å². The summed E-state index contributed by atoms with van der Waals surface area (Å²) in [4.78, 5) is 15.0. The third kappa shape index (κ3) is 6.61. The van der Waals surface area contributed by atoms with Gasteiger partial charge in [-0.05, 0) is 24.1 Å². The minimum absolute atomic E-state index is 0. The molecular formula is C22H34IN5O3S. The molecule has 0 spiro atoms. The molecule has 0 radical (unpaired) electrons. The van der Waals surface area contributed by atoms with Gasteiger partial charge in [-0.1, -0.05) is 6.92 Å². The smallest absolute Gasteiger partial charge is 0.203 e. The number of benzene rings is 1. The number of thiazole rings is 1. The van der Waals surface area contributed by atoms with Gasteiger partial charge in [-0.15, -0.1) is 35.3 Å². The second-order valence-corrected chi connectivity index (χ2v) is 8.47. The lowest BCUT2D eigenvalue weighted by Crippen LogP contribution is -2.52. The number of hydrogen-bond donors (Lipinski definition) is 1. The molecule has 8 nitrogen and oxygen atoms in total. The average molecular weight is 576 g/mol. The number of piperazine rings is 1. The van der Waals surface area contributed by atoms with Crippen LogP contribution in [0.25, 0.3) is 0 Å². The fourth-order valence-corrected chi connectivity index (χ4v) is 4.48. The molecule has 2 heterocycles. The number of methoxy groups -OCH3 is 3. The van der Waals surface area contributed by atoms with Crippen molar-refractivity contribution < 1.29 is 14.2 Å². The number of halogens is 1. The Hall–Kier alpha value is -1.79. The Morgan fingerprint density at radius 1 is 1.09 bits per heavy atom. The second-order valence-electron chi connectivity index (χ2n) is 7.27. The number of aryl methyl sites for hydroxylation is 1. The van der Waals surface area contributed by atoms with Crippen molar-refractivity contribution in [2.24, 2.45) is 4.99 Å². The summed E-state index contributed by atoms with van der Waals surface area (Å²) >= 11 is 1.76. The van der Waals surface area contributed by atoms with E-state index in [9.17, 15) is 0 Å². The molecule has 3 rings (SSSR count). The van der Waals surface area contributed by atoms with E-state index < -0.39 is 0 Å². The lowest BCUT2D eigenvalue weighted by atomic mass is 10.1. The van der Waals surface area contributed by atoms with E-state index in [4.69, 9.17) is 14.2 Å². The monoisotopic (exact) mass is 575 g/mol. The zero-order valence-corrected chi connectivity index (χ0v) is 22.7. The largest absolute Gasteiger partial charge is 0.493 e. The highest BCUT2D eigenvalue weighted by Gasteiger charge is 2.21. The molecule has 0 amide bonds. The third-order valence-corrected chi connectivity index (χ3v) is 6.50. The van der Waals surface area contributed by atoms with Gasteiger partial charge in [0.1, 0.15) is 5.01 Å². The molecule has 2 aromatic rings. The number of hydrogen-bond acceptors (Lipinski definition) is 7. The summed E-state index contributed by atoms with van der Waals surface area (Å²) in [6.07, 6.45) is 2.99. The predicted molar refractivity (Wildman–Crippen MR) is 140 cm³/mol. The summed E-state index contributed by atoms with van der Waals surface area (Å²) in [6.45, 7) is 7.44. The van der Waals surface area contributed by atoms with E-state index in [1.165, 1.54) is 4.88 Å². The highest BCUT2D eigenvalue weighted by atomic mass is 127. The van der Waals surface area contributed by atoms with Crippen molar-refractivity contribution in [3.05, 3.63) is 33.8 Å². The Balaban J connectivity index is 0.00000363. The van der Waals surface area contributed by atoms with Gasteiger partial charge in [-0.3, -0.25) is 9.89 Å². The van der Waals surface area contributed by atoms with Gasteiger partial charge in [0, 0.05) is 50.8 Å². The molecule has 0 bridgehead atoms. The van der Waals surface area contributed by atoms with Crippen LogP contribution in [0.2, 0.25) is 0 Å². The number of aromatic nitrogens is 1. The summed E-state index contributed by atoms with van der Waals surface area (Å²) in [7, 11) is 6.75. The van der Waals surface area contributed by atoms with Crippen LogP contribution in [-0.2, 0) is 19.5 Å². The maximum Gasteiger partial charge on any atom is 0.203 e. The maximum absolute atomic E-state index is 5.48. The first-order valence-corrected chi connectivity index (χ1v) is 11.3. The number of nitrogens with one attached hydrogen (secondary N) is 1. The van der Waals surface area contributed by atoms with Crippen molar-refractivity contribution in [2.45, 2.75) is 26.4 Å². The molecule has 0 saturated carbocycles. The predicted octanol–water partition coefficient (Wildman–Crippen LogP) is 3.24. The Kier molecular flexibility index (Phi) is 10.8. The summed E-state index contributed by atoms with van der Waals surface area (Å²) in [5.74, 6) is 2.93. The number of guanidine groups is 1. The molecule has 178 valence electrons. The Morgan fingerprint density at radius 2 is 1.75 bits per heavy atom. The fourth-order valence-electron chi connectivity index (χ4n) is 3.68. The molecule has 1 aromatic carbocycles. The van der Waals surface area contributed by atoms with Crippen LogP contribution in [0.5, 0.6) is 17.2 Å². The first-order chi connectivity index (χ1) is 15.1. The van der Waals surface area contributed by atoms with Crippen molar-refractivity contribution in [3.8, 4) is 17.2 Å². The van der Waals surface area contributed by atoms with E-state index in [2.05, 4.69) is 32.0 Å². The normalized spacial score (nSPS) is 14.7. The molecule has 0 aliphatic carbocycles. The number of rotatable bonds is 8. The molecule has 1 N–H and O–H groups in total. The quantitative estimate of drug-likeness (QED) is 0.295. The zero-order chi connectivity index (χ0) is 22.2. The van der Waals surface area contributed by atoms with Crippen LogP contribution in [0.3, 0.4) is 0 Å². The maximum atomic E-state index is 5.48. The van der Waals surface area contributed by atoms with E-state index in [0.29, 0.717) is 23.8 Å². The standard InChI is InChI=1S/C22H33N5O3S.HI/c1-6-17-13-24-20(31-17)14-25-22(23-2)27-9-7-26(8-10-27)15-16-11-18(28-3)21(30-5)19(12-16)29-4;/h11-13H,6-10,14-15H2,1-5H3,(H,23,25);1H. The fraction of sp³-hybridized carbons (Fsp3) is 0.545.